The van der Waals surface area contributed by atoms with E-state index in [9.17, 15) is 14.4 Å². The average Bonchev–Trinajstić information content (AvgIpc) is 2.78. The van der Waals surface area contributed by atoms with Gasteiger partial charge in [-0.1, -0.05) is 57.2 Å². The summed E-state index contributed by atoms with van der Waals surface area (Å²) in [5.74, 6) is -0.435. The van der Waals surface area contributed by atoms with Gasteiger partial charge < -0.3 is 20.3 Å². The van der Waals surface area contributed by atoms with Crippen LogP contribution in [0.25, 0.3) is 0 Å². The van der Waals surface area contributed by atoms with Gasteiger partial charge in [0.15, 0.2) is 0 Å². The second-order valence-electron chi connectivity index (χ2n) is 10.7. The van der Waals surface area contributed by atoms with Crippen LogP contribution in [0.4, 0.5) is 4.79 Å². The number of amides is 3. The monoisotopic (exact) mass is 487 g/mol. The number of rotatable bonds is 10. The minimum atomic E-state index is -0.747. The van der Waals surface area contributed by atoms with Crippen LogP contribution in [-0.2, 0) is 14.3 Å². The Morgan fingerprint density at radius 3 is 2.26 bits per heavy atom. The second-order valence-corrected chi connectivity index (χ2v) is 10.7. The molecule has 0 aromatic heterocycles. The van der Waals surface area contributed by atoms with E-state index in [1.165, 1.54) is 6.42 Å². The van der Waals surface area contributed by atoms with E-state index in [-0.39, 0.29) is 24.4 Å². The van der Waals surface area contributed by atoms with Gasteiger partial charge in [0.25, 0.3) is 0 Å². The molecule has 0 aliphatic heterocycles. The molecule has 0 heterocycles. The molecule has 1 aromatic carbocycles. The molecule has 3 amide bonds. The van der Waals surface area contributed by atoms with Crippen LogP contribution in [0.2, 0.25) is 0 Å². The van der Waals surface area contributed by atoms with Gasteiger partial charge in [-0.3, -0.25) is 9.59 Å². The molecule has 7 nitrogen and oxygen atoms in total. The zero-order valence-corrected chi connectivity index (χ0v) is 22.5. The topological polar surface area (TPSA) is 87.7 Å². The zero-order valence-electron chi connectivity index (χ0n) is 22.5. The third kappa shape index (κ3) is 9.19. The molecule has 7 heteroatoms. The first-order valence-electron chi connectivity index (χ1n) is 13.2. The maximum absolute atomic E-state index is 13.8. The molecule has 0 saturated heterocycles. The van der Waals surface area contributed by atoms with E-state index in [1.807, 2.05) is 32.0 Å². The number of unbranched alkanes of at least 4 members (excludes halogenated alkanes) is 2. The smallest absolute Gasteiger partial charge is 0.408 e. The van der Waals surface area contributed by atoms with Crippen molar-refractivity contribution in [1.29, 1.82) is 0 Å². The molecule has 2 N–H and O–H groups in total. The molecule has 1 saturated carbocycles. The van der Waals surface area contributed by atoms with Crippen LogP contribution >= 0.6 is 0 Å². The lowest BCUT2D eigenvalue weighted by Gasteiger charge is -2.35. The van der Waals surface area contributed by atoms with Gasteiger partial charge in [0, 0.05) is 12.6 Å². The summed E-state index contributed by atoms with van der Waals surface area (Å²) in [6.07, 6.45) is 7.44. The Bertz CT molecular complexity index is 836. The number of carbonyl (C=O) groups is 3. The van der Waals surface area contributed by atoms with E-state index in [1.54, 1.807) is 25.7 Å². The van der Waals surface area contributed by atoms with Crippen molar-refractivity contribution in [3.05, 3.63) is 34.9 Å². The second kappa shape index (κ2) is 13.5. The van der Waals surface area contributed by atoms with Gasteiger partial charge in [0.2, 0.25) is 11.8 Å². The lowest BCUT2D eigenvalue weighted by Crippen LogP contribution is -2.50. The Balaban J connectivity index is 2.35. The molecule has 0 bridgehead atoms. The van der Waals surface area contributed by atoms with Crippen molar-refractivity contribution in [2.45, 2.75) is 111 Å². The zero-order chi connectivity index (χ0) is 26.0. The lowest BCUT2D eigenvalue weighted by molar-refractivity contribution is -0.140. The van der Waals surface area contributed by atoms with Crippen LogP contribution in [0, 0.1) is 13.8 Å². The van der Waals surface area contributed by atoms with Gasteiger partial charge in [-0.25, -0.2) is 4.79 Å². The summed E-state index contributed by atoms with van der Waals surface area (Å²) in [5, 5.41) is 5.83. The fourth-order valence-corrected chi connectivity index (χ4v) is 4.71. The third-order valence-electron chi connectivity index (χ3n) is 6.43. The molecule has 35 heavy (non-hydrogen) atoms. The molecule has 1 aliphatic carbocycles. The van der Waals surface area contributed by atoms with Crippen LogP contribution in [0.1, 0.15) is 102 Å². The highest BCUT2D eigenvalue weighted by Crippen LogP contribution is 2.29. The largest absolute Gasteiger partial charge is 0.444 e. The maximum Gasteiger partial charge on any atom is 0.408 e. The fourth-order valence-electron chi connectivity index (χ4n) is 4.71. The number of benzene rings is 1. The molecular formula is C28H45N3O4. The minimum Gasteiger partial charge on any atom is -0.444 e. The predicted molar refractivity (Wildman–Crippen MR) is 139 cm³/mol. The van der Waals surface area contributed by atoms with Crippen LogP contribution in [0.5, 0.6) is 0 Å². The van der Waals surface area contributed by atoms with Crippen molar-refractivity contribution >= 4 is 17.9 Å². The molecular weight excluding hydrogens is 442 g/mol. The number of hydrogen-bond donors (Lipinski definition) is 2. The normalized spacial score (nSPS) is 15.3. The first-order valence-corrected chi connectivity index (χ1v) is 13.2. The first kappa shape index (κ1) is 28.7. The molecule has 1 atom stereocenters. The summed E-state index contributed by atoms with van der Waals surface area (Å²) in [6, 6.07) is 5.32. The molecule has 2 rings (SSSR count). The van der Waals surface area contributed by atoms with Crippen molar-refractivity contribution in [3.63, 3.8) is 0 Å². The van der Waals surface area contributed by atoms with Gasteiger partial charge in [-0.2, -0.15) is 0 Å². The number of hydrogen-bond acceptors (Lipinski definition) is 4. The molecule has 196 valence electrons. The molecule has 0 radical (unpaired) electrons. The van der Waals surface area contributed by atoms with E-state index in [2.05, 4.69) is 17.6 Å². The predicted octanol–water partition coefficient (Wildman–Crippen LogP) is 5.34. The molecule has 1 aliphatic rings. The van der Waals surface area contributed by atoms with Crippen molar-refractivity contribution in [1.82, 2.24) is 15.5 Å². The number of alkyl carbamates (subject to hydrolysis) is 1. The average molecular weight is 488 g/mol. The molecule has 0 spiro atoms. The molecule has 1 aromatic rings. The van der Waals surface area contributed by atoms with E-state index in [0.29, 0.717) is 6.54 Å². The number of nitrogens with zero attached hydrogens (tertiary/aromatic N) is 1. The van der Waals surface area contributed by atoms with Crippen LogP contribution < -0.4 is 10.6 Å². The summed E-state index contributed by atoms with van der Waals surface area (Å²) in [6.45, 7) is 11.6. The van der Waals surface area contributed by atoms with Gasteiger partial charge in [-0.05, 0) is 70.6 Å². The first-order chi connectivity index (χ1) is 16.5. The summed E-state index contributed by atoms with van der Waals surface area (Å²) in [7, 11) is 0. The molecule has 1 unspecified atom stereocenters. The Labute approximate surface area is 211 Å². The Morgan fingerprint density at radius 2 is 1.69 bits per heavy atom. The summed E-state index contributed by atoms with van der Waals surface area (Å²) >= 11 is 0. The van der Waals surface area contributed by atoms with Gasteiger partial charge >= 0.3 is 6.09 Å². The fraction of sp³-hybridized carbons (Fsp3) is 0.679. The van der Waals surface area contributed by atoms with E-state index >= 15 is 0 Å². The summed E-state index contributed by atoms with van der Waals surface area (Å²) < 4.78 is 5.30. The summed E-state index contributed by atoms with van der Waals surface area (Å²) in [5.41, 5.74) is 2.15. The number of ether oxygens (including phenoxy) is 1. The SMILES string of the molecule is CCCCCN(C(=O)CNC(=O)OC(C)(C)C)C(C(=O)NC1CCCCC1)c1c(C)cccc1C. The highest BCUT2D eigenvalue weighted by atomic mass is 16.6. The lowest BCUT2D eigenvalue weighted by atomic mass is 9.92. The van der Waals surface area contributed by atoms with Crippen LogP contribution in [0.3, 0.4) is 0 Å². The quantitative estimate of drug-likeness (QED) is 0.436. The van der Waals surface area contributed by atoms with Crippen LogP contribution in [0.15, 0.2) is 18.2 Å². The Hall–Kier alpha value is -2.57. The van der Waals surface area contributed by atoms with Crippen molar-refractivity contribution in [2.75, 3.05) is 13.1 Å². The highest BCUT2D eigenvalue weighted by molar-refractivity contribution is 5.91. The van der Waals surface area contributed by atoms with Gasteiger partial charge in [0.05, 0.1) is 0 Å². The Kier molecular flexibility index (Phi) is 11.1. The summed E-state index contributed by atoms with van der Waals surface area (Å²) in [4.78, 5) is 41.2. The highest BCUT2D eigenvalue weighted by Gasteiger charge is 2.34. The number of carbonyl (C=O) groups excluding carboxylic acids is 3. The van der Waals surface area contributed by atoms with Crippen molar-refractivity contribution < 1.29 is 19.1 Å². The Morgan fingerprint density at radius 1 is 1.06 bits per heavy atom. The van der Waals surface area contributed by atoms with Gasteiger partial charge in [0.1, 0.15) is 18.2 Å². The number of aryl methyl sites for hydroxylation is 2. The standard InChI is InChI=1S/C28H45N3O4/c1-7-8-12-18-31(23(32)19-29-27(34)35-28(4,5)6)25(24-20(2)14-13-15-21(24)3)26(33)30-22-16-10-9-11-17-22/h13-15,22,25H,7-12,16-19H2,1-6H3,(H,29,34)(H,30,33). The van der Waals surface area contributed by atoms with E-state index in [0.717, 1.165) is 61.6 Å². The van der Waals surface area contributed by atoms with E-state index < -0.39 is 17.7 Å². The number of nitrogens with one attached hydrogen (secondary N) is 2. The maximum atomic E-state index is 13.8. The molecule has 1 fully saturated rings. The van der Waals surface area contributed by atoms with Gasteiger partial charge in [-0.15, -0.1) is 0 Å². The van der Waals surface area contributed by atoms with E-state index in [4.69, 9.17) is 4.74 Å². The minimum absolute atomic E-state index is 0.135. The van der Waals surface area contributed by atoms with Crippen molar-refractivity contribution in [2.24, 2.45) is 0 Å². The van der Waals surface area contributed by atoms with Crippen LogP contribution in [-0.4, -0.2) is 47.5 Å². The third-order valence-corrected chi connectivity index (χ3v) is 6.43. The van der Waals surface area contributed by atoms with Crippen molar-refractivity contribution in [3.8, 4) is 0 Å².